The molecular formula is C16H19NO2S2. The summed E-state index contributed by atoms with van der Waals surface area (Å²) in [5.74, 6) is 0. The molecule has 2 atom stereocenters. The van der Waals surface area contributed by atoms with E-state index >= 15 is 0 Å². The summed E-state index contributed by atoms with van der Waals surface area (Å²) in [6.45, 7) is 2.08. The maximum absolute atomic E-state index is 11.4. The van der Waals surface area contributed by atoms with E-state index in [2.05, 4.69) is 6.92 Å². The Balaban J connectivity index is 2.08. The van der Waals surface area contributed by atoms with Gasteiger partial charge in [-0.25, -0.2) is 8.42 Å². The van der Waals surface area contributed by atoms with Gasteiger partial charge in [0.1, 0.15) is 0 Å². The van der Waals surface area contributed by atoms with Crippen molar-refractivity contribution in [3.8, 4) is 0 Å². The summed E-state index contributed by atoms with van der Waals surface area (Å²) >= 11 is 1.65. The number of nitrogens with two attached hydrogens (primary N) is 1. The zero-order valence-corrected chi connectivity index (χ0v) is 13.7. The predicted octanol–water partition coefficient (Wildman–Crippen LogP) is 3.27. The average molecular weight is 321 g/mol. The Bertz CT molecular complexity index is 682. The molecule has 0 spiro atoms. The molecule has 0 saturated carbocycles. The smallest absolute Gasteiger partial charge is 0.175 e. The molecule has 2 unspecified atom stereocenters. The first-order chi connectivity index (χ1) is 9.88. The Morgan fingerprint density at radius 3 is 2.10 bits per heavy atom. The van der Waals surface area contributed by atoms with Crippen molar-refractivity contribution in [1.29, 1.82) is 0 Å². The third-order valence-corrected chi connectivity index (χ3v) is 5.60. The lowest BCUT2D eigenvalue weighted by molar-refractivity contribution is 0.602. The fraction of sp³-hybridized carbons (Fsp3) is 0.250. The lowest BCUT2D eigenvalue weighted by Gasteiger charge is -2.20. The quantitative estimate of drug-likeness (QED) is 0.859. The second-order valence-corrected chi connectivity index (χ2v) is 8.47. The molecule has 2 N–H and O–H groups in total. The minimum atomic E-state index is -3.14. The molecule has 0 heterocycles. The van der Waals surface area contributed by atoms with Gasteiger partial charge < -0.3 is 5.73 Å². The van der Waals surface area contributed by atoms with E-state index in [1.54, 1.807) is 23.9 Å². The van der Waals surface area contributed by atoms with E-state index in [0.717, 1.165) is 10.5 Å². The molecule has 0 aliphatic heterocycles. The summed E-state index contributed by atoms with van der Waals surface area (Å²) in [6.07, 6.45) is 1.21. The third-order valence-electron chi connectivity index (χ3n) is 3.26. The van der Waals surface area contributed by atoms with Gasteiger partial charge in [0.2, 0.25) is 0 Å². The molecular weight excluding hydrogens is 302 g/mol. The molecule has 112 valence electrons. The Labute approximate surface area is 130 Å². The maximum Gasteiger partial charge on any atom is 0.175 e. The minimum absolute atomic E-state index is 0.0641. The van der Waals surface area contributed by atoms with Gasteiger partial charge in [0.25, 0.3) is 0 Å². The molecule has 0 radical (unpaired) electrons. The summed E-state index contributed by atoms with van der Waals surface area (Å²) in [5.41, 5.74) is 7.37. The lowest BCUT2D eigenvalue weighted by atomic mass is 10.1. The highest BCUT2D eigenvalue weighted by Crippen LogP contribution is 2.31. The van der Waals surface area contributed by atoms with E-state index in [0.29, 0.717) is 4.90 Å². The fourth-order valence-electron chi connectivity index (χ4n) is 2.00. The van der Waals surface area contributed by atoms with Gasteiger partial charge in [-0.15, -0.1) is 11.8 Å². The van der Waals surface area contributed by atoms with Gasteiger partial charge in [0.05, 0.1) is 4.90 Å². The van der Waals surface area contributed by atoms with Crippen LogP contribution in [-0.2, 0) is 9.84 Å². The molecule has 2 rings (SSSR count). The normalized spacial score (nSPS) is 14.6. The van der Waals surface area contributed by atoms with Crippen molar-refractivity contribution in [2.24, 2.45) is 5.73 Å². The summed E-state index contributed by atoms with van der Waals surface area (Å²) in [6, 6.07) is 16.8. The topological polar surface area (TPSA) is 60.2 Å². The standard InChI is InChI=1S/C16H19NO2S2/c1-12(16(17)13-6-4-3-5-7-13)20-14-8-10-15(11-9-14)21(2,18)19/h3-12,16H,17H2,1-2H3. The fourth-order valence-corrected chi connectivity index (χ4v) is 3.66. The van der Waals surface area contributed by atoms with Gasteiger partial charge in [-0.3, -0.25) is 0 Å². The first kappa shape index (κ1) is 16.1. The van der Waals surface area contributed by atoms with Crippen LogP contribution in [0.3, 0.4) is 0 Å². The second kappa shape index (κ2) is 6.64. The van der Waals surface area contributed by atoms with Crippen molar-refractivity contribution in [3.63, 3.8) is 0 Å². The first-order valence-corrected chi connectivity index (χ1v) is 9.42. The molecule has 5 heteroatoms. The van der Waals surface area contributed by atoms with Gasteiger partial charge in [-0.2, -0.15) is 0 Å². The van der Waals surface area contributed by atoms with Gasteiger partial charge in [0.15, 0.2) is 9.84 Å². The largest absolute Gasteiger partial charge is 0.323 e. The van der Waals surface area contributed by atoms with Gasteiger partial charge in [0, 0.05) is 22.4 Å². The number of hydrogen-bond donors (Lipinski definition) is 1. The van der Waals surface area contributed by atoms with E-state index in [9.17, 15) is 8.42 Å². The van der Waals surface area contributed by atoms with Crippen LogP contribution in [0.25, 0.3) is 0 Å². The maximum atomic E-state index is 11.4. The minimum Gasteiger partial charge on any atom is -0.323 e. The van der Waals surface area contributed by atoms with E-state index in [-0.39, 0.29) is 11.3 Å². The molecule has 0 fully saturated rings. The van der Waals surface area contributed by atoms with Gasteiger partial charge in [-0.05, 0) is 29.8 Å². The number of hydrogen-bond acceptors (Lipinski definition) is 4. The van der Waals surface area contributed by atoms with Crippen molar-refractivity contribution in [3.05, 3.63) is 60.2 Å². The highest BCUT2D eigenvalue weighted by Gasteiger charge is 2.16. The Kier molecular flexibility index (Phi) is 5.08. The van der Waals surface area contributed by atoms with E-state index in [1.165, 1.54) is 6.26 Å². The van der Waals surface area contributed by atoms with Crippen molar-refractivity contribution in [2.45, 2.75) is 28.0 Å². The lowest BCUT2D eigenvalue weighted by Crippen LogP contribution is -2.20. The molecule has 2 aromatic carbocycles. The molecule has 21 heavy (non-hydrogen) atoms. The van der Waals surface area contributed by atoms with E-state index in [1.807, 2.05) is 42.5 Å². The molecule has 0 amide bonds. The molecule has 2 aromatic rings. The Hall–Kier alpha value is -1.30. The number of sulfone groups is 1. The number of benzene rings is 2. The third kappa shape index (κ3) is 4.33. The second-order valence-electron chi connectivity index (χ2n) is 5.00. The van der Waals surface area contributed by atoms with Crippen LogP contribution in [0.15, 0.2) is 64.4 Å². The molecule has 0 bridgehead atoms. The SMILES string of the molecule is CC(Sc1ccc(S(C)(=O)=O)cc1)C(N)c1ccccc1. The summed E-state index contributed by atoms with van der Waals surface area (Å²) in [5, 5.41) is 0.191. The molecule has 0 aliphatic carbocycles. The van der Waals surface area contributed by atoms with E-state index < -0.39 is 9.84 Å². The monoisotopic (exact) mass is 321 g/mol. The van der Waals surface area contributed by atoms with Crippen LogP contribution < -0.4 is 5.73 Å². The van der Waals surface area contributed by atoms with Crippen LogP contribution in [0.2, 0.25) is 0 Å². The summed E-state index contributed by atoms with van der Waals surface area (Å²) < 4.78 is 22.9. The Morgan fingerprint density at radius 1 is 1.00 bits per heavy atom. The summed E-state index contributed by atoms with van der Waals surface area (Å²) in [7, 11) is -3.14. The van der Waals surface area contributed by atoms with Crippen molar-refractivity contribution < 1.29 is 8.42 Å². The molecule has 0 aromatic heterocycles. The van der Waals surface area contributed by atoms with Gasteiger partial charge in [-0.1, -0.05) is 37.3 Å². The van der Waals surface area contributed by atoms with Crippen molar-refractivity contribution >= 4 is 21.6 Å². The van der Waals surface area contributed by atoms with Crippen molar-refractivity contribution in [2.75, 3.05) is 6.26 Å². The van der Waals surface area contributed by atoms with Crippen molar-refractivity contribution in [1.82, 2.24) is 0 Å². The number of thioether (sulfide) groups is 1. The van der Waals surface area contributed by atoms with Crippen LogP contribution >= 0.6 is 11.8 Å². The zero-order chi connectivity index (χ0) is 15.5. The highest BCUT2D eigenvalue weighted by molar-refractivity contribution is 8.00. The van der Waals surface area contributed by atoms with Crippen LogP contribution in [0.1, 0.15) is 18.5 Å². The van der Waals surface area contributed by atoms with Crippen LogP contribution in [0.4, 0.5) is 0 Å². The number of rotatable bonds is 5. The van der Waals surface area contributed by atoms with Gasteiger partial charge >= 0.3 is 0 Å². The van der Waals surface area contributed by atoms with E-state index in [4.69, 9.17) is 5.73 Å². The van der Waals surface area contributed by atoms with Crippen LogP contribution in [-0.4, -0.2) is 19.9 Å². The highest BCUT2D eigenvalue weighted by atomic mass is 32.2. The first-order valence-electron chi connectivity index (χ1n) is 6.65. The van der Waals surface area contributed by atoms with Crippen LogP contribution in [0, 0.1) is 0 Å². The Morgan fingerprint density at radius 2 is 1.57 bits per heavy atom. The predicted molar refractivity (Wildman–Crippen MR) is 88.2 cm³/mol. The average Bonchev–Trinajstić information content (AvgIpc) is 2.47. The molecule has 0 aliphatic rings. The zero-order valence-electron chi connectivity index (χ0n) is 12.1. The van der Waals surface area contributed by atoms with Crippen LogP contribution in [0.5, 0.6) is 0 Å². The molecule has 0 saturated heterocycles. The summed E-state index contributed by atoms with van der Waals surface area (Å²) in [4.78, 5) is 1.35. The molecule has 3 nitrogen and oxygen atoms in total.